The minimum atomic E-state index is -0.482. The van der Waals surface area contributed by atoms with Gasteiger partial charge in [-0.15, -0.1) is 0 Å². The predicted molar refractivity (Wildman–Crippen MR) is 69.4 cm³/mol. The van der Waals surface area contributed by atoms with E-state index in [9.17, 15) is 4.79 Å². The quantitative estimate of drug-likeness (QED) is 0.498. The Hall–Kier alpha value is -2.89. The van der Waals surface area contributed by atoms with E-state index >= 15 is 0 Å². The largest absolute Gasteiger partial charge is 0.459 e. The summed E-state index contributed by atoms with van der Waals surface area (Å²) < 4.78 is 4.93. The number of nitrogens with zero attached hydrogens (tertiary/aromatic N) is 2. The summed E-state index contributed by atoms with van der Waals surface area (Å²) >= 11 is 0. The van der Waals surface area contributed by atoms with Gasteiger partial charge in [0, 0.05) is 5.56 Å². The SMILES string of the molecule is O=C(N/N=C(/C=N/O)c1ccccc1)c1ccco1. The van der Waals surface area contributed by atoms with Crippen LogP contribution < -0.4 is 5.43 Å². The molecule has 0 fully saturated rings. The Bertz CT molecular complexity index is 589. The Morgan fingerprint density at radius 2 is 2.00 bits per heavy atom. The van der Waals surface area contributed by atoms with Crippen molar-refractivity contribution >= 4 is 17.8 Å². The van der Waals surface area contributed by atoms with Gasteiger partial charge in [-0.25, -0.2) is 5.43 Å². The second-order valence-electron chi connectivity index (χ2n) is 3.53. The fourth-order valence-corrected chi connectivity index (χ4v) is 1.41. The van der Waals surface area contributed by atoms with Gasteiger partial charge in [0.1, 0.15) is 5.71 Å². The molecule has 0 bridgehead atoms. The maximum Gasteiger partial charge on any atom is 0.307 e. The van der Waals surface area contributed by atoms with Gasteiger partial charge in [0.2, 0.25) is 0 Å². The van der Waals surface area contributed by atoms with E-state index in [4.69, 9.17) is 9.62 Å². The zero-order valence-electron chi connectivity index (χ0n) is 9.85. The summed E-state index contributed by atoms with van der Waals surface area (Å²) in [6.45, 7) is 0. The molecule has 6 nitrogen and oxygen atoms in total. The summed E-state index contributed by atoms with van der Waals surface area (Å²) in [5.74, 6) is -0.332. The molecular weight excluding hydrogens is 246 g/mol. The van der Waals surface area contributed by atoms with Crippen molar-refractivity contribution in [2.24, 2.45) is 10.3 Å². The number of hydrazone groups is 1. The molecule has 1 heterocycles. The Morgan fingerprint density at radius 3 is 2.63 bits per heavy atom. The number of rotatable bonds is 4. The van der Waals surface area contributed by atoms with Crippen molar-refractivity contribution in [2.75, 3.05) is 0 Å². The van der Waals surface area contributed by atoms with Gasteiger partial charge in [-0.3, -0.25) is 4.79 Å². The van der Waals surface area contributed by atoms with Crippen LogP contribution in [-0.2, 0) is 0 Å². The van der Waals surface area contributed by atoms with Crippen LogP contribution in [0.1, 0.15) is 16.1 Å². The topological polar surface area (TPSA) is 87.2 Å². The molecule has 2 rings (SSSR count). The monoisotopic (exact) mass is 257 g/mol. The fourth-order valence-electron chi connectivity index (χ4n) is 1.41. The van der Waals surface area contributed by atoms with Crippen LogP contribution in [0.5, 0.6) is 0 Å². The van der Waals surface area contributed by atoms with Crippen molar-refractivity contribution in [3.05, 3.63) is 60.1 Å². The summed E-state index contributed by atoms with van der Waals surface area (Å²) in [7, 11) is 0. The number of oxime groups is 1. The van der Waals surface area contributed by atoms with Crippen LogP contribution in [0.2, 0.25) is 0 Å². The van der Waals surface area contributed by atoms with Crippen LogP contribution in [-0.4, -0.2) is 23.0 Å². The Morgan fingerprint density at radius 1 is 1.21 bits per heavy atom. The minimum absolute atomic E-state index is 0.150. The molecule has 0 radical (unpaired) electrons. The van der Waals surface area contributed by atoms with Crippen molar-refractivity contribution < 1.29 is 14.4 Å². The minimum Gasteiger partial charge on any atom is -0.459 e. The van der Waals surface area contributed by atoms with Crippen LogP contribution in [0.3, 0.4) is 0 Å². The van der Waals surface area contributed by atoms with Crippen molar-refractivity contribution in [1.29, 1.82) is 0 Å². The van der Waals surface area contributed by atoms with Gasteiger partial charge in [-0.1, -0.05) is 35.5 Å². The number of nitrogens with one attached hydrogen (secondary N) is 1. The highest BCUT2D eigenvalue weighted by Crippen LogP contribution is 2.01. The molecule has 0 aliphatic carbocycles. The standard InChI is InChI=1S/C13H11N3O3/c17-13(12-7-4-8-19-12)16-15-11(9-14-18)10-5-2-1-3-6-10/h1-9,18H,(H,16,17)/b14-9+,15-11-. The normalized spacial score (nSPS) is 11.7. The van der Waals surface area contributed by atoms with Gasteiger partial charge in [-0.2, -0.15) is 5.10 Å². The third-order valence-electron chi connectivity index (χ3n) is 2.27. The molecule has 0 atom stereocenters. The van der Waals surface area contributed by atoms with Crippen molar-refractivity contribution in [3.8, 4) is 0 Å². The third kappa shape index (κ3) is 3.29. The average molecular weight is 257 g/mol. The molecule has 2 aromatic rings. The Kier molecular flexibility index (Phi) is 4.07. The zero-order chi connectivity index (χ0) is 13.5. The number of hydrogen-bond acceptors (Lipinski definition) is 5. The number of hydrogen-bond donors (Lipinski definition) is 2. The first kappa shape index (κ1) is 12.6. The molecule has 96 valence electrons. The van der Waals surface area contributed by atoms with E-state index in [2.05, 4.69) is 15.7 Å². The number of carbonyl (C=O) groups excluding carboxylic acids is 1. The first-order valence-corrected chi connectivity index (χ1v) is 5.45. The molecule has 2 N–H and O–H groups in total. The first-order valence-electron chi connectivity index (χ1n) is 5.45. The van der Waals surface area contributed by atoms with E-state index in [-0.39, 0.29) is 5.76 Å². The lowest BCUT2D eigenvalue weighted by Gasteiger charge is -2.01. The maximum atomic E-state index is 11.6. The lowest BCUT2D eigenvalue weighted by molar-refractivity contribution is 0.0927. The smallest absolute Gasteiger partial charge is 0.307 e. The molecule has 19 heavy (non-hydrogen) atoms. The lowest BCUT2D eigenvalue weighted by Crippen LogP contribution is -2.20. The van der Waals surface area contributed by atoms with Crippen LogP contribution >= 0.6 is 0 Å². The first-order chi connectivity index (χ1) is 9.31. The van der Waals surface area contributed by atoms with Crippen molar-refractivity contribution in [1.82, 2.24) is 5.43 Å². The second-order valence-corrected chi connectivity index (χ2v) is 3.53. The van der Waals surface area contributed by atoms with Crippen LogP contribution in [0.4, 0.5) is 0 Å². The van der Waals surface area contributed by atoms with Gasteiger partial charge in [0.05, 0.1) is 12.5 Å². The average Bonchev–Trinajstić information content (AvgIpc) is 2.98. The molecule has 1 aromatic heterocycles. The number of amides is 1. The maximum absolute atomic E-state index is 11.6. The summed E-state index contributed by atoms with van der Waals surface area (Å²) in [5, 5.41) is 15.4. The van der Waals surface area contributed by atoms with E-state index in [1.165, 1.54) is 12.3 Å². The molecule has 0 spiro atoms. The van der Waals surface area contributed by atoms with Crippen LogP contribution in [0, 0.1) is 0 Å². The number of furan rings is 1. The predicted octanol–water partition coefficient (Wildman–Crippen LogP) is 1.87. The highest BCUT2D eigenvalue weighted by molar-refractivity contribution is 6.38. The van der Waals surface area contributed by atoms with Gasteiger partial charge in [-0.05, 0) is 12.1 Å². The molecular formula is C13H11N3O3. The fraction of sp³-hybridized carbons (Fsp3) is 0. The van der Waals surface area contributed by atoms with Crippen molar-refractivity contribution in [2.45, 2.75) is 0 Å². The second kappa shape index (κ2) is 6.15. The van der Waals surface area contributed by atoms with E-state index in [0.29, 0.717) is 11.3 Å². The van der Waals surface area contributed by atoms with Gasteiger partial charge < -0.3 is 9.62 Å². The van der Waals surface area contributed by atoms with E-state index in [1.54, 1.807) is 18.2 Å². The zero-order valence-corrected chi connectivity index (χ0v) is 9.85. The summed E-state index contributed by atoms with van der Waals surface area (Å²) in [5.41, 5.74) is 3.35. The van der Waals surface area contributed by atoms with E-state index in [1.807, 2.05) is 18.2 Å². The summed E-state index contributed by atoms with van der Waals surface area (Å²) in [6, 6.07) is 12.1. The molecule has 1 amide bonds. The molecule has 6 heteroatoms. The van der Waals surface area contributed by atoms with Gasteiger partial charge in [0.25, 0.3) is 0 Å². The summed E-state index contributed by atoms with van der Waals surface area (Å²) in [6.07, 6.45) is 2.53. The highest BCUT2D eigenvalue weighted by Gasteiger charge is 2.08. The number of benzene rings is 1. The number of carbonyl (C=O) groups is 1. The Labute approximate surface area is 109 Å². The van der Waals surface area contributed by atoms with E-state index in [0.717, 1.165) is 6.21 Å². The molecule has 0 saturated heterocycles. The highest BCUT2D eigenvalue weighted by atomic mass is 16.4. The summed E-state index contributed by atoms with van der Waals surface area (Å²) in [4.78, 5) is 11.6. The third-order valence-corrected chi connectivity index (χ3v) is 2.27. The van der Waals surface area contributed by atoms with Crippen LogP contribution in [0.15, 0.2) is 63.4 Å². The molecule has 0 saturated carbocycles. The van der Waals surface area contributed by atoms with Crippen LogP contribution in [0.25, 0.3) is 0 Å². The molecule has 1 aromatic carbocycles. The van der Waals surface area contributed by atoms with Crippen molar-refractivity contribution in [3.63, 3.8) is 0 Å². The molecule has 0 aliphatic rings. The Balaban J connectivity index is 2.16. The van der Waals surface area contributed by atoms with Gasteiger partial charge >= 0.3 is 5.91 Å². The van der Waals surface area contributed by atoms with Gasteiger partial charge in [0.15, 0.2) is 5.76 Å². The van der Waals surface area contributed by atoms with E-state index < -0.39 is 5.91 Å². The molecule has 0 unspecified atom stereocenters. The lowest BCUT2D eigenvalue weighted by atomic mass is 10.1. The molecule has 0 aliphatic heterocycles.